The van der Waals surface area contributed by atoms with Gasteiger partial charge in [-0.05, 0) is 6.42 Å². The quantitative estimate of drug-likeness (QED) is 0.653. The van der Waals surface area contributed by atoms with Crippen LogP contribution in [-0.4, -0.2) is 9.55 Å². The van der Waals surface area contributed by atoms with Crippen molar-refractivity contribution in [2.75, 3.05) is 0 Å². The maximum Gasteiger partial charge on any atom is 0.325 e. The van der Waals surface area contributed by atoms with Crippen molar-refractivity contribution in [3.8, 4) is 0 Å². The molecule has 3 nitrogen and oxygen atoms in total. The fraction of sp³-hybridized carbons (Fsp3) is 0.625. The van der Waals surface area contributed by atoms with E-state index in [1.165, 1.54) is 12.8 Å². The van der Waals surface area contributed by atoms with Gasteiger partial charge in [-0.25, -0.2) is 4.79 Å². The highest BCUT2D eigenvalue weighted by molar-refractivity contribution is 4.75. The Morgan fingerprint density at radius 1 is 1.55 bits per heavy atom. The topological polar surface area (TPSA) is 37.8 Å². The second-order valence-electron chi connectivity index (χ2n) is 2.67. The third kappa shape index (κ3) is 2.26. The normalized spacial score (nSPS) is 10.3. The first kappa shape index (κ1) is 8.11. The van der Waals surface area contributed by atoms with Gasteiger partial charge in [-0.3, -0.25) is 4.57 Å². The molecular weight excluding hydrogens is 140 g/mol. The molecular formula is C8H14N2O. The molecule has 0 bridgehead atoms. The molecule has 0 aliphatic heterocycles. The molecule has 3 heteroatoms. The SMILES string of the molecule is CCCCCn1cc[nH]c1=O. The summed E-state index contributed by atoms with van der Waals surface area (Å²) in [6.07, 6.45) is 6.94. The average molecular weight is 154 g/mol. The predicted molar refractivity (Wildman–Crippen MR) is 44.6 cm³/mol. The van der Waals surface area contributed by atoms with Crippen LogP contribution in [0.5, 0.6) is 0 Å². The van der Waals surface area contributed by atoms with Crippen LogP contribution >= 0.6 is 0 Å². The van der Waals surface area contributed by atoms with E-state index >= 15 is 0 Å². The number of hydrogen-bond donors (Lipinski definition) is 1. The van der Waals surface area contributed by atoms with Crippen molar-refractivity contribution in [3.05, 3.63) is 22.9 Å². The summed E-state index contributed by atoms with van der Waals surface area (Å²) < 4.78 is 1.70. The molecule has 62 valence electrons. The number of nitrogens with zero attached hydrogens (tertiary/aromatic N) is 1. The van der Waals surface area contributed by atoms with Crippen molar-refractivity contribution in [3.63, 3.8) is 0 Å². The lowest BCUT2D eigenvalue weighted by atomic mass is 10.2. The molecule has 1 N–H and O–H groups in total. The number of unbranched alkanes of at least 4 members (excludes halogenated alkanes) is 2. The highest BCUT2D eigenvalue weighted by Crippen LogP contribution is 1.95. The van der Waals surface area contributed by atoms with E-state index < -0.39 is 0 Å². The van der Waals surface area contributed by atoms with Crippen LogP contribution in [0, 0.1) is 0 Å². The second-order valence-corrected chi connectivity index (χ2v) is 2.67. The number of imidazole rings is 1. The highest BCUT2D eigenvalue weighted by atomic mass is 16.1. The van der Waals surface area contributed by atoms with Gasteiger partial charge in [-0.2, -0.15) is 0 Å². The van der Waals surface area contributed by atoms with Crippen LogP contribution in [-0.2, 0) is 6.54 Å². The van der Waals surface area contributed by atoms with E-state index in [4.69, 9.17) is 0 Å². The lowest BCUT2D eigenvalue weighted by Crippen LogP contribution is -2.15. The average Bonchev–Trinajstić information content (AvgIpc) is 2.37. The molecule has 0 aliphatic rings. The Morgan fingerprint density at radius 3 is 2.91 bits per heavy atom. The second kappa shape index (κ2) is 4.01. The van der Waals surface area contributed by atoms with Crippen molar-refractivity contribution < 1.29 is 0 Å². The van der Waals surface area contributed by atoms with E-state index in [1.807, 2.05) is 0 Å². The molecule has 1 heterocycles. The number of aromatic nitrogens is 2. The van der Waals surface area contributed by atoms with Gasteiger partial charge in [0.05, 0.1) is 0 Å². The first-order valence-electron chi connectivity index (χ1n) is 4.08. The molecule has 1 rings (SSSR count). The Bertz CT molecular complexity index is 249. The van der Waals surface area contributed by atoms with Gasteiger partial charge in [-0.1, -0.05) is 19.8 Å². The van der Waals surface area contributed by atoms with Crippen LogP contribution < -0.4 is 5.69 Å². The summed E-state index contributed by atoms with van der Waals surface area (Å²) in [6, 6.07) is 0. The summed E-state index contributed by atoms with van der Waals surface area (Å²) in [5.74, 6) is 0. The molecule has 0 saturated carbocycles. The van der Waals surface area contributed by atoms with Crippen molar-refractivity contribution in [1.29, 1.82) is 0 Å². The zero-order valence-corrected chi connectivity index (χ0v) is 6.84. The van der Waals surface area contributed by atoms with Crippen LogP contribution in [0.15, 0.2) is 17.2 Å². The number of rotatable bonds is 4. The summed E-state index contributed by atoms with van der Waals surface area (Å²) in [5, 5.41) is 0. The molecule has 1 aromatic rings. The van der Waals surface area contributed by atoms with Gasteiger partial charge >= 0.3 is 5.69 Å². The Kier molecular flexibility index (Phi) is 2.95. The van der Waals surface area contributed by atoms with Gasteiger partial charge in [-0.15, -0.1) is 0 Å². The van der Waals surface area contributed by atoms with Crippen molar-refractivity contribution in [1.82, 2.24) is 9.55 Å². The Morgan fingerprint density at radius 2 is 2.36 bits per heavy atom. The van der Waals surface area contributed by atoms with Crippen LogP contribution in [0.25, 0.3) is 0 Å². The van der Waals surface area contributed by atoms with Gasteiger partial charge in [0.2, 0.25) is 0 Å². The number of hydrogen-bond acceptors (Lipinski definition) is 1. The van der Waals surface area contributed by atoms with E-state index in [-0.39, 0.29) is 5.69 Å². The molecule has 0 spiro atoms. The third-order valence-corrected chi connectivity index (χ3v) is 1.72. The minimum atomic E-state index is 0.00102. The molecule has 0 saturated heterocycles. The zero-order valence-electron chi connectivity index (χ0n) is 6.84. The molecule has 0 aliphatic carbocycles. The van der Waals surface area contributed by atoms with Gasteiger partial charge in [0, 0.05) is 18.9 Å². The number of aryl methyl sites for hydroxylation is 1. The summed E-state index contributed by atoms with van der Waals surface area (Å²) in [6.45, 7) is 3.00. The summed E-state index contributed by atoms with van der Waals surface area (Å²) in [7, 11) is 0. The minimum absolute atomic E-state index is 0.00102. The fourth-order valence-corrected chi connectivity index (χ4v) is 1.06. The van der Waals surface area contributed by atoms with Crippen molar-refractivity contribution >= 4 is 0 Å². The Hall–Kier alpha value is -0.990. The van der Waals surface area contributed by atoms with E-state index in [0.717, 1.165) is 13.0 Å². The van der Waals surface area contributed by atoms with Crippen LogP contribution in [0.4, 0.5) is 0 Å². The van der Waals surface area contributed by atoms with Gasteiger partial charge in [0.1, 0.15) is 0 Å². The van der Waals surface area contributed by atoms with Crippen molar-refractivity contribution in [2.24, 2.45) is 0 Å². The third-order valence-electron chi connectivity index (χ3n) is 1.72. The van der Waals surface area contributed by atoms with E-state index in [2.05, 4.69) is 11.9 Å². The van der Waals surface area contributed by atoms with Gasteiger partial charge < -0.3 is 4.98 Å². The molecule has 0 amide bonds. The van der Waals surface area contributed by atoms with Crippen LogP contribution in [0.3, 0.4) is 0 Å². The molecule has 0 unspecified atom stereocenters. The molecule has 11 heavy (non-hydrogen) atoms. The summed E-state index contributed by atoms with van der Waals surface area (Å²) in [4.78, 5) is 13.5. The van der Waals surface area contributed by atoms with Crippen LogP contribution in [0.1, 0.15) is 26.2 Å². The highest BCUT2D eigenvalue weighted by Gasteiger charge is 1.93. The zero-order chi connectivity index (χ0) is 8.10. The van der Waals surface area contributed by atoms with Crippen molar-refractivity contribution in [2.45, 2.75) is 32.7 Å². The molecule has 0 fully saturated rings. The maximum absolute atomic E-state index is 10.9. The van der Waals surface area contributed by atoms with Gasteiger partial charge in [0.15, 0.2) is 0 Å². The fourth-order valence-electron chi connectivity index (χ4n) is 1.06. The summed E-state index contributed by atoms with van der Waals surface area (Å²) >= 11 is 0. The maximum atomic E-state index is 10.9. The lowest BCUT2D eigenvalue weighted by Gasteiger charge is -1.97. The molecule has 1 aromatic heterocycles. The first-order valence-corrected chi connectivity index (χ1v) is 4.08. The monoisotopic (exact) mass is 154 g/mol. The summed E-state index contributed by atoms with van der Waals surface area (Å²) in [5.41, 5.74) is 0.00102. The largest absolute Gasteiger partial charge is 0.325 e. The molecule has 0 atom stereocenters. The Labute approximate surface area is 66.1 Å². The van der Waals surface area contributed by atoms with E-state index in [9.17, 15) is 4.79 Å². The minimum Gasteiger partial charge on any atom is -0.313 e. The smallest absolute Gasteiger partial charge is 0.313 e. The number of aromatic amines is 1. The predicted octanol–water partition coefficient (Wildman–Crippen LogP) is 1.37. The first-order chi connectivity index (χ1) is 5.34. The lowest BCUT2D eigenvalue weighted by molar-refractivity contribution is 0.589. The number of H-pyrrole nitrogens is 1. The van der Waals surface area contributed by atoms with Crippen LogP contribution in [0.2, 0.25) is 0 Å². The van der Waals surface area contributed by atoms with E-state index in [0.29, 0.717) is 0 Å². The van der Waals surface area contributed by atoms with Gasteiger partial charge in [0.25, 0.3) is 0 Å². The number of nitrogens with one attached hydrogen (secondary N) is 1. The standard InChI is InChI=1S/C8H14N2O/c1-2-3-4-6-10-7-5-9-8(10)11/h5,7H,2-4,6H2,1H3,(H,9,11). The molecule has 0 radical (unpaired) electrons. The van der Waals surface area contributed by atoms with E-state index in [1.54, 1.807) is 17.0 Å². The molecule has 0 aromatic carbocycles. The Balaban J connectivity index is 2.39.